The lowest BCUT2D eigenvalue weighted by atomic mass is 10.1. The summed E-state index contributed by atoms with van der Waals surface area (Å²) in [6.45, 7) is -0.208. The third-order valence-corrected chi connectivity index (χ3v) is 4.37. The van der Waals surface area contributed by atoms with Crippen LogP contribution >= 0.6 is 0 Å². The molecule has 0 fully saturated rings. The van der Waals surface area contributed by atoms with Gasteiger partial charge in [0.15, 0.2) is 0 Å². The van der Waals surface area contributed by atoms with Crippen LogP contribution in [0.15, 0.2) is 73.1 Å². The minimum absolute atomic E-state index is 0.00175. The van der Waals surface area contributed by atoms with E-state index in [-0.39, 0.29) is 23.6 Å². The Morgan fingerprint density at radius 1 is 1.00 bits per heavy atom. The van der Waals surface area contributed by atoms with Gasteiger partial charge in [-0.3, -0.25) is 14.6 Å². The summed E-state index contributed by atoms with van der Waals surface area (Å²) in [6.07, 6.45) is -1.55. The van der Waals surface area contributed by atoms with Crippen LogP contribution in [-0.4, -0.2) is 28.7 Å². The van der Waals surface area contributed by atoms with Gasteiger partial charge >= 0.3 is 6.18 Å². The van der Waals surface area contributed by atoms with Crippen LogP contribution in [-0.2, 0) is 12.7 Å². The smallest absolute Gasteiger partial charge is 0.337 e. The Kier molecular flexibility index (Phi) is 6.15. The van der Waals surface area contributed by atoms with E-state index in [1.165, 1.54) is 48.5 Å². The molecule has 0 aliphatic carbocycles. The van der Waals surface area contributed by atoms with E-state index in [9.17, 15) is 22.8 Å². The molecule has 154 valence electrons. The van der Waals surface area contributed by atoms with Crippen molar-refractivity contribution in [3.63, 3.8) is 0 Å². The molecule has 0 spiro atoms. The minimum atomic E-state index is -4.50. The van der Waals surface area contributed by atoms with Gasteiger partial charge in [-0.1, -0.05) is 24.3 Å². The largest absolute Gasteiger partial charge is 0.416 e. The average molecular weight is 413 g/mol. The number of benzene rings is 2. The molecule has 1 heterocycles. The van der Waals surface area contributed by atoms with Crippen molar-refractivity contribution in [2.75, 3.05) is 12.4 Å². The maximum Gasteiger partial charge on any atom is 0.416 e. The summed E-state index contributed by atoms with van der Waals surface area (Å²) in [5.41, 5.74) is 0.212. The molecule has 0 unspecified atom stereocenters. The number of rotatable bonds is 5. The van der Waals surface area contributed by atoms with Crippen LogP contribution in [0.1, 0.15) is 31.8 Å². The van der Waals surface area contributed by atoms with E-state index in [1.54, 1.807) is 30.5 Å². The van der Waals surface area contributed by atoms with E-state index in [0.717, 1.165) is 6.07 Å². The summed E-state index contributed by atoms with van der Waals surface area (Å²) in [4.78, 5) is 30.1. The van der Waals surface area contributed by atoms with Gasteiger partial charge in [-0.25, -0.2) is 0 Å². The van der Waals surface area contributed by atoms with Crippen LogP contribution < -0.4 is 5.32 Å². The summed E-state index contributed by atoms with van der Waals surface area (Å²) >= 11 is 0. The van der Waals surface area contributed by atoms with Crippen molar-refractivity contribution in [1.29, 1.82) is 0 Å². The van der Waals surface area contributed by atoms with Crippen molar-refractivity contribution in [3.8, 4) is 0 Å². The lowest BCUT2D eigenvalue weighted by Gasteiger charge is -2.20. The van der Waals surface area contributed by atoms with Gasteiger partial charge < -0.3 is 10.2 Å². The predicted octanol–water partition coefficient (Wildman–Crippen LogP) is 4.62. The van der Waals surface area contributed by atoms with Gasteiger partial charge in [-0.15, -0.1) is 0 Å². The van der Waals surface area contributed by atoms with Crippen molar-refractivity contribution in [1.82, 2.24) is 9.88 Å². The van der Waals surface area contributed by atoms with E-state index in [1.807, 2.05) is 0 Å². The summed E-state index contributed by atoms with van der Waals surface area (Å²) in [7, 11) is 1.43. The highest BCUT2D eigenvalue weighted by molar-refractivity contribution is 6.04. The fourth-order valence-electron chi connectivity index (χ4n) is 2.91. The number of halogens is 3. The second kappa shape index (κ2) is 8.77. The zero-order valence-corrected chi connectivity index (χ0v) is 16.0. The number of nitrogens with zero attached hydrogens (tertiary/aromatic N) is 2. The third-order valence-electron chi connectivity index (χ3n) is 4.37. The van der Waals surface area contributed by atoms with Crippen molar-refractivity contribution in [2.24, 2.45) is 0 Å². The molecule has 8 heteroatoms. The highest BCUT2D eigenvalue weighted by Crippen LogP contribution is 2.32. The maximum absolute atomic E-state index is 13.2. The molecule has 0 bridgehead atoms. The molecule has 3 aromatic rings. The fraction of sp³-hybridized carbons (Fsp3) is 0.136. The molecule has 1 N–H and O–H groups in total. The Bertz CT molecular complexity index is 1050. The summed E-state index contributed by atoms with van der Waals surface area (Å²) < 4.78 is 39.6. The highest BCUT2D eigenvalue weighted by Gasteiger charge is 2.33. The van der Waals surface area contributed by atoms with Gasteiger partial charge in [0.25, 0.3) is 11.8 Å². The summed E-state index contributed by atoms with van der Waals surface area (Å²) in [6, 6.07) is 14.6. The number of nitrogens with one attached hydrogen (secondary N) is 1. The third kappa shape index (κ3) is 5.02. The second-order valence-corrected chi connectivity index (χ2v) is 6.59. The number of carbonyl (C=O) groups excluding carboxylic acids is 2. The van der Waals surface area contributed by atoms with E-state index in [2.05, 4.69) is 10.3 Å². The van der Waals surface area contributed by atoms with Crippen molar-refractivity contribution < 1.29 is 22.8 Å². The molecule has 0 saturated heterocycles. The van der Waals surface area contributed by atoms with Gasteiger partial charge in [0.1, 0.15) is 0 Å². The van der Waals surface area contributed by atoms with E-state index < -0.39 is 17.6 Å². The lowest BCUT2D eigenvalue weighted by molar-refractivity contribution is -0.138. The molecule has 0 atom stereocenters. The van der Waals surface area contributed by atoms with Crippen molar-refractivity contribution in [3.05, 3.63) is 95.3 Å². The van der Waals surface area contributed by atoms with Crippen LogP contribution in [0.3, 0.4) is 0 Å². The predicted molar refractivity (Wildman–Crippen MR) is 106 cm³/mol. The standard InChI is InChI=1S/C22H18F3N3O2/c1-28(14-17-6-2-3-10-19(17)22(23,24)25)21(30)15-7-4-9-18(12-15)27-20(29)16-8-5-11-26-13-16/h2-13H,14H2,1H3,(H,27,29). The molecule has 0 aliphatic heterocycles. The van der Waals surface area contributed by atoms with Crippen LogP contribution in [0, 0.1) is 0 Å². The van der Waals surface area contributed by atoms with Crippen LogP contribution in [0.5, 0.6) is 0 Å². The zero-order chi connectivity index (χ0) is 21.7. The first-order valence-corrected chi connectivity index (χ1v) is 8.97. The Labute approximate surface area is 171 Å². The Morgan fingerprint density at radius 3 is 2.43 bits per heavy atom. The maximum atomic E-state index is 13.2. The van der Waals surface area contributed by atoms with Gasteiger partial charge in [-0.2, -0.15) is 13.2 Å². The summed E-state index contributed by atoms with van der Waals surface area (Å²) in [5, 5.41) is 2.67. The number of amides is 2. The second-order valence-electron chi connectivity index (χ2n) is 6.59. The topological polar surface area (TPSA) is 62.3 Å². The van der Waals surface area contributed by atoms with Crippen LogP contribution in [0.2, 0.25) is 0 Å². The molecule has 1 aromatic heterocycles. The molecule has 2 aromatic carbocycles. The normalized spacial score (nSPS) is 11.1. The van der Waals surface area contributed by atoms with Gasteiger partial charge in [0, 0.05) is 37.2 Å². The molecular weight excluding hydrogens is 395 g/mol. The zero-order valence-electron chi connectivity index (χ0n) is 16.0. The first-order chi connectivity index (χ1) is 14.3. The van der Waals surface area contributed by atoms with Gasteiger partial charge in [0.2, 0.25) is 0 Å². The quantitative estimate of drug-likeness (QED) is 0.664. The van der Waals surface area contributed by atoms with E-state index in [4.69, 9.17) is 0 Å². The Morgan fingerprint density at radius 2 is 1.73 bits per heavy atom. The number of carbonyl (C=O) groups is 2. The van der Waals surface area contributed by atoms with Crippen molar-refractivity contribution >= 4 is 17.5 Å². The molecule has 5 nitrogen and oxygen atoms in total. The van der Waals surface area contributed by atoms with Crippen LogP contribution in [0.4, 0.5) is 18.9 Å². The lowest BCUT2D eigenvalue weighted by Crippen LogP contribution is -2.27. The monoisotopic (exact) mass is 413 g/mol. The first kappa shape index (κ1) is 21.0. The van der Waals surface area contributed by atoms with Gasteiger partial charge in [-0.05, 0) is 42.0 Å². The molecule has 0 aliphatic rings. The molecule has 3 rings (SSSR count). The minimum Gasteiger partial charge on any atom is -0.337 e. The fourth-order valence-corrected chi connectivity index (χ4v) is 2.91. The van der Waals surface area contributed by atoms with E-state index >= 15 is 0 Å². The number of alkyl halides is 3. The SMILES string of the molecule is CN(Cc1ccccc1C(F)(F)F)C(=O)c1cccc(NC(=O)c2cccnc2)c1. The first-order valence-electron chi connectivity index (χ1n) is 8.97. The molecule has 30 heavy (non-hydrogen) atoms. The molecular formula is C22H18F3N3O2. The molecule has 0 saturated carbocycles. The van der Waals surface area contributed by atoms with Crippen LogP contribution in [0.25, 0.3) is 0 Å². The highest BCUT2D eigenvalue weighted by atomic mass is 19.4. The number of pyridine rings is 1. The number of aromatic nitrogens is 1. The number of hydrogen-bond acceptors (Lipinski definition) is 3. The number of hydrogen-bond donors (Lipinski definition) is 1. The molecule has 2 amide bonds. The average Bonchev–Trinajstić information content (AvgIpc) is 2.73. The molecule has 0 radical (unpaired) electrons. The van der Waals surface area contributed by atoms with Crippen molar-refractivity contribution in [2.45, 2.75) is 12.7 Å². The Hall–Kier alpha value is -3.68. The Balaban J connectivity index is 1.75. The van der Waals surface area contributed by atoms with E-state index in [0.29, 0.717) is 11.3 Å². The van der Waals surface area contributed by atoms with Gasteiger partial charge in [0.05, 0.1) is 11.1 Å². The number of anilines is 1. The summed E-state index contributed by atoms with van der Waals surface area (Å²) in [5.74, 6) is -0.857.